The topological polar surface area (TPSA) is 61.4 Å². The first-order valence-electron chi connectivity index (χ1n) is 5.88. The van der Waals surface area contributed by atoms with Gasteiger partial charge >= 0.3 is 0 Å². The van der Waals surface area contributed by atoms with Crippen LogP contribution in [0.2, 0.25) is 0 Å². The van der Waals surface area contributed by atoms with Gasteiger partial charge in [-0.3, -0.25) is 4.79 Å². The number of hydrogen-bond acceptors (Lipinski definition) is 3. The number of hydrogen-bond donors (Lipinski definition) is 3. The van der Waals surface area contributed by atoms with Crippen molar-refractivity contribution < 1.29 is 9.90 Å². The minimum Gasteiger partial charge on any atom is -0.392 e. The van der Waals surface area contributed by atoms with E-state index in [9.17, 15) is 4.79 Å². The summed E-state index contributed by atoms with van der Waals surface area (Å²) < 4.78 is 0. The Kier molecular flexibility index (Phi) is 5.66. The molecule has 3 N–H and O–H groups in total. The van der Waals surface area contributed by atoms with Crippen LogP contribution in [-0.2, 0) is 11.4 Å². The average molecular weight is 236 g/mol. The number of amides is 1. The summed E-state index contributed by atoms with van der Waals surface area (Å²) in [5, 5.41) is 14.9. The molecule has 0 aromatic heterocycles. The van der Waals surface area contributed by atoms with Crippen LogP contribution < -0.4 is 10.6 Å². The lowest BCUT2D eigenvalue weighted by Crippen LogP contribution is -2.30. The number of nitrogens with one attached hydrogen (secondary N) is 2. The molecule has 0 bridgehead atoms. The number of aliphatic hydroxyl groups is 1. The minimum absolute atomic E-state index is 0.00250. The van der Waals surface area contributed by atoms with Crippen molar-refractivity contribution in [2.75, 3.05) is 18.4 Å². The Balaban J connectivity index is 2.49. The van der Waals surface area contributed by atoms with Gasteiger partial charge in [0.05, 0.1) is 6.61 Å². The molecule has 1 rings (SSSR count). The second-order valence-electron chi connectivity index (χ2n) is 4.05. The Morgan fingerprint density at radius 2 is 2.00 bits per heavy atom. The number of aliphatic hydroxyl groups excluding tert-OH is 1. The summed E-state index contributed by atoms with van der Waals surface area (Å²) in [5.41, 5.74) is 1.60. The fraction of sp³-hybridized carbons (Fsp3) is 0.462. The van der Waals surface area contributed by atoms with Crippen molar-refractivity contribution in [3.05, 3.63) is 29.8 Å². The maximum absolute atomic E-state index is 11.8. The molecule has 1 amide bonds. The molecular weight excluding hydrogens is 216 g/mol. The zero-order valence-corrected chi connectivity index (χ0v) is 10.4. The van der Waals surface area contributed by atoms with Crippen molar-refractivity contribution in [3.8, 4) is 0 Å². The van der Waals surface area contributed by atoms with Crippen molar-refractivity contribution in [1.82, 2.24) is 5.32 Å². The largest absolute Gasteiger partial charge is 0.392 e. The van der Waals surface area contributed by atoms with Crippen LogP contribution in [-0.4, -0.2) is 24.1 Å². The van der Waals surface area contributed by atoms with E-state index < -0.39 is 0 Å². The second-order valence-corrected chi connectivity index (χ2v) is 4.05. The average Bonchev–Trinajstić information content (AvgIpc) is 2.36. The number of benzene rings is 1. The molecule has 0 aliphatic heterocycles. The smallest absolute Gasteiger partial charge is 0.228 e. The molecule has 1 aromatic rings. The molecule has 0 fully saturated rings. The maximum Gasteiger partial charge on any atom is 0.228 e. The fourth-order valence-electron chi connectivity index (χ4n) is 1.41. The standard InChI is InChI=1S/C13H20N2O2/c1-3-14-8-10(2)13(17)15-12-6-4-11(9-16)5-7-12/h4-7,10,14,16H,3,8-9H2,1-2H3,(H,15,17). The molecular formula is C13H20N2O2. The van der Waals surface area contributed by atoms with Crippen molar-refractivity contribution in [2.45, 2.75) is 20.5 Å². The van der Waals surface area contributed by atoms with E-state index in [0.29, 0.717) is 6.54 Å². The van der Waals surface area contributed by atoms with E-state index in [-0.39, 0.29) is 18.4 Å². The Labute approximate surface area is 102 Å². The minimum atomic E-state index is -0.0625. The van der Waals surface area contributed by atoms with Gasteiger partial charge in [0.15, 0.2) is 0 Å². The predicted molar refractivity (Wildman–Crippen MR) is 68.7 cm³/mol. The van der Waals surface area contributed by atoms with Crippen LogP contribution in [0, 0.1) is 5.92 Å². The highest BCUT2D eigenvalue weighted by Gasteiger charge is 2.11. The van der Waals surface area contributed by atoms with Crippen molar-refractivity contribution >= 4 is 11.6 Å². The van der Waals surface area contributed by atoms with Gasteiger partial charge in [0.2, 0.25) is 5.91 Å². The Hall–Kier alpha value is -1.39. The predicted octanol–water partition coefficient (Wildman–Crippen LogP) is 1.36. The molecule has 0 spiro atoms. The van der Waals surface area contributed by atoms with E-state index in [0.717, 1.165) is 17.8 Å². The van der Waals surface area contributed by atoms with E-state index in [2.05, 4.69) is 10.6 Å². The lowest BCUT2D eigenvalue weighted by Gasteiger charge is -2.12. The molecule has 0 saturated carbocycles. The quantitative estimate of drug-likeness (QED) is 0.699. The van der Waals surface area contributed by atoms with Crippen LogP contribution in [0.4, 0.5) is 5.69 Å². The van der Waals surface area contributed by atoms with Crippen molar-refractivity contribution in [3.63, 3.8) is 0 Å². The van der Waals surface area contributed by atoms with Gasteiger partial charge in [-0.1, -0.05) is 26.0 Å². The first-order valence-corrected chi connectivity index (χ1v) is 5.88. The van der Waals surface area contributed by atoms with E-state index in [1.807, 2.05) is 13.8 Å². The summed E-state index contributed by atoms with van der Waals surface area (Å²) in [6.07, 6.45) is 0. The zero-order chi connectivity index (χ0) is 12.7. The summed E-state index contributed by atoms with van der Waals surface area (Å²) in [5.74, 6) is -0.0600. The summed E-state index contributed by atoms with van der Waals surface area (Å²) in [4.78, 5) is 11.8. The van der Waals surface area contributed by atoms with Gasteiger partial charge in [-0.2, -0.15) is 0 Å². The highest BCUT2D eigenvalue weighted by Crippen LogP contribution is 2.10. The summed E-state index contributed by atoms with van der Waals surface area (Å²) in [6.45, 7) is 5.46. The van der Waals surface area contributed by atoms with Crippen LogP contribution in [0.1, 0.15) is 19.4 Å². The fourth-order valence-corrected chi connectivity index (χ4v) is 1.41. The highest BCUT2D eigenvalue weighted by molar-refractivity contribution is 5.92. The van der Waals surface area contributed by atoms with Gasteiger partial charge in [0, 0.05) is 18.2 Å². The molecule has 17 heavy (non-hydrogen) atoms. The molecule has 1 atom stereocenters. The molecule has 0 aliphatic carbocycles. The summed E-state index contributed by atoms with van der Waals surface area (Å²) in [6, 6.07) is 7.18. The maximum atomic E-state index is 11.8. The molecule has 0 saturated heterocycles. The number of anilines is 1. The molecule has 0 radical (unpaired) electrons. The van der Waals surface area contributed by atoms with E-state index in [1.54, 1.807) is 24.3 Å². The SMILES string of the molecule is CCNCC(C)C(=O)Nc1ccc(CO)cc1. The summed E-state index contributed by atoms with van der Waals surface area (Å²) in [7, 11) is 0. The summed E-state index contributed by atoms with van der Waals surface area (Å²) >= 11 is 0. The van der Waals surface area contributed by atoms with Crippen molar-refractivity contribution in [2.24, 2.45) is 5.92 Å². The molecule has 4 nitrogen and oxygen atoms in total. The first-order chi connectivity index (χ1) is 8.17. The van der Waals surface area contributed by atoms with Gasteiger partial charge in [0.25, 0.3) is 0 Å². The highest BCUT2D eigenvalue weighted by atomic mass is 16.3. The molecule has 1 unspecified atom stereocenters. The third-order valence-corrected chi connectivity index (χ3v) is 2.55. The zero-order valence-electron chi connectivity index (χ0n) is 10.4. The number of carbonyl (C=O) groups excluding carboxylic acids is 1. The third-order valence-electron chi connectivity index (χ3n) is 2.55. The van der Waals surface area contributed by atoms with Crippen LogP contribution in [0.25, 0.3) is 0 Å². The van der Waals surface area contributed by atoms with Crippen LogP contribution in [0.3, 0.4) is 0 Å². The monoisotopic (exact) mass is 236 g/mol. The normalized spacial score (nSPS) is 12.2. The molecule has 1 aromatic carbocycles. The van der Waals surface area contributed by atoms with Gasteiger partial charge in [-0.15, -0.1) is 0 Å². The Bertz CT molecular complexity index is 349. The first kappa shape index (κ1) is 13.7. The molecule has 4 heteroatoms. The lowest BCUT2D eigenvalue weighted by molar-refractivity contribution is -0.119. The lowest BCUT2D eigenvalue weighted by atomic mass is 10.1. The van der Waals surface area contributed by atoms with E-state index in [1.165, 1.54) is 0 Å². The van der Waals surface area contributed by atoms with E-state index in [4.69, 9.17) is 5.11 Å². The Morgan fingerprint density at radius 3 is 2.53 bits per heavy atom. The molecule has 94 valence electrons. The van der Waals surface area contributed by atoms with Crippen LogP contribution in [0.5, 0.6) is 0 Å². The van der Waals surface area contributed by atoms with Gasteiger partial charge in [-0.25, -0.2) is 0 Å². The van der Waals surface area contributed by atoms with Crippen LogP contribution in [0.15, 0.2) is 24.3 Å². The van der Waals surface area contributed by atoms with Crippen molar-refractivity contribution in [1.29, 1.82) is 0 Å². The second kappa shape index (κ2) is 7.04. The third kappa shape index (κ3) is 4.54. The Morgan fingerprint density at radius 1 is 1.35 bits per heavy atom. The number of rotatable bonds is 6. The van der Waals surface area contributed by atoms with Gasteiger partial charge < -0.3 is 15.7 Å². The molecule has 0 heterocycles. The van der Waals surface area contributed by atoms with Gasteiger partial charge in [-0.05, 0) is 24.2 Å². The molecule has 0 aliphatic rings. The number of carbonyl (C=O) groups is 1. The van der Waals surface area contributed by atoms with Crippen LogP contribution >= 0.6 is 0 Å². The van der Waals surface area contributed by atoms with E-state index >= 15 is 0 Å². The van der Waals surface area contributed by atoms with Gasteiger partial charge in [0.1, 0.15) is 0 Å².